The molecule has 0 spiro atoms. The zero-order valence-corrected chi connectivity index (χ0v) is 15.5. The molecular formula is C20H22FN3O3. The highest BCUT2D eigenvalue weighted by molar-refractivity contribution is 5.99. The normalized spacial score (nSPS) is 12.2. The molecule has 27 heavy (non-hydrogen) atoms. The summed E-state index contributed by atoms with van der Waals surface area (Å²) in [6.07, 6.45) is 0. The number of hydrogen-bond donors (Lipinski definition) is 2. The quantitative estimate of drug-likeness (QED) is 0.578. The number of oxime groups is 1. The fourth-order valence-corrected chi connectivity index (χ4v) is 2.36. The maximum absolute atomic E-state index is 12.9. The minimum Gasteiger partial charge on any atom is -0.385 e. The molecule has 0 aliphatic carbocycles. The first-order valence-corrected chi connectivity index (χ1v) is 8.44. The van der Waals surface area contributed by atoms with Crippen LogP contribution in [-0.4, -0.2) is 24.1 Å². The average Bonchev–Trinajstić information content (AvgIpc) is 2.62. The molecule has 1 atom stereocenters. The molecular weight excluding hydrogens is 349 g/mol. The molecule has 0 bridgehead atoms. The van der Waals surface area contributed by atoms with Crippen LogP contribution in [0.15, 0.2) is 53.7 Å². The Kier molecular flexibility index (Phi) is 7.05. The van der Waals surface area contributed by atoms with Crippen LogP contribution in [0, 0.1) is 5.82 Å². The molecule has 0 fully saturated rings. The number of anilines is 1. The van der Waals surface area contributed by atoms with Gasteiger partial charge in [0.15, 0.2) is 6.61 Å². The van der Waals surface area contributed by atoms with Gasteiger partial charge in [0.25, 0.3) is 5.91 Å². The predicted octanol–water partition coefficient (Wildman–Crippen LogP) is 3.40. The number of carbonyl (C=O) groups excluding carboxylic acids is 2. The van der Waals surface area contributed by atoms with Gasteiger partial charge in [0, 0.05) is 12.6 Å². The van der Waals surface area contributed by atoms with Crippen molar-refractivity contribution < 1.29 is 18.8 Å². The van der Waals surface area contributed by atoms with E-state index in [1.807, 2.05) is 0 Å². The highest BCUT2D eigenvalue weighted by Crippen LogP contribution is 2.13. The van der Waals surface area contributed by atoms with Crippen molar-refractivity contribution in [3.8, 4) is 0 Å². The lowest BCUT2D eigenvalue weighted by atomic mass is 10.1. The van der Waals surface area contributed by atoms with Crippen LogP contribution in [0.4, 0.5) is 10.1 Å². The summed E-state index contributed by atoms with van der Waals surface area (Å²) in [5.74, 6) is -0.794. The van der Waals surface area contributed by atoms with E-state index in [4.69, 9.17) is 4.84 Å². The summed E-state index contributed by atoms with van der Waals surface area (Å²) in [6.45, 7) is 4.77. The molecule has 0 aliphatic heterocycles. The zero-order valence-electron chi connectivity index (χ0n) is 15.5. The van der Waals surface area contributed by atoms with Crippen molar-refractivity contribution in [1.29, 1.82) is 0 Å². The molecule has 0 radical (unpaired) electrons. The van der Waals surface area contributed by atoms with Crippen molar-refractivity contribution in [2.75, 3.05) is 11.9 Å². The number of hydrogen-bond acceptors (Lipinski definition) is 4. The first kappa shape index (κ1) is 20.1. The van der Waals surface area contributed by atoms with E-state index in [0.717, 1.165) is 11.1 Å². The number of nitrogens with one attached hydrogen (secondary N) is 2. The summed E-state index contributed by atoms with van der Waals surface area (Å²) >= 11 is 0. The molecule has 0 heterocycles. The second kappa shape index (κ2) is 9.47. The van der Waals surface area contributed by atoms with Gasteiger partial charge < -0.3 is 15.5 Å². The molecule has 2 aromatic carbocycles. The summed E-state index contributed by atoms with van der Waals surface area (Å²) in [5, 5.41) is 9.37. The maximum atomic E-state index is 12.9. The highest BCUT2D eigenvalue weighted by atomic mass is 19.1. The lowest BCUT2D eigenvalue weighted by Gasteiger charge is -2.13. The van der Waals surface area contributed by atoms with Gasteiger partial charge in [-0.05, 0) is 49.2 Å². The Morgan fingerprint density at radius 3 is 2.30 bits per heavy atom. The molecule has 2 rings (SSSR count). The molecule has 2 aromatic rings. The third-order valence-corrected chi connectivity index (χ3v) is 3.77. The minimum atomic E-state index is -0.329. The Morgan fingerprint density at radius 1 is 1.07 bits per heavy atom. The number of amides is 2. The lowest BCUT2D eigenvalue weighted by molar-refractivity contribution is -0.126. The van der Waals surface area contributed by atoms with Crippen LogP contribution < -0.4 is 10.6 Å². The van der Waals surface area contributed by atoms with Gasteiger partial charge in [-0.3, -0.25) is 9.59 Å². The number of benzene rings is 2. The summed E-state index contributed by atoms with van der Waals surface area (Å²) in [4.78, 5) is 28.1. The standard InChI is InChI=1S/C20H22FN3O3/c1-13(16-4-8-18(21)9-5-16)22-20(26)12-27-24-14(2)17-6-10-19(11-7-17)23-15(3)25/h4-11,13H,12H2,1-3H3,(H,22,26)(H,23,25)/b24-14+. The van der Waals surface area contributed by atoms with Gasteiger partial charge in [-0.2, -0.15) is 0 Å². The molecule has 0 aromatic heterocycles. The minimum absolute atomic E-state index is 0.141. The van der Waals surface area contributed by atoms with Crippen LogP contribution in [0.5, 0.6) is 0 Å². The lowest BCUT2D eigenvalue weighted by Crippen LogP contribution is -2.29. The summed E-state index contributed by atoms with van der Waals surface area (Å²) in [5.41, 5.74) is 2.89. The van der Waals surface area contributed by atoms with Crippen molar-refractivity contribution >= 4 is 23.2 Å². The number of halogens is 1. The maximum Gasteiger partial charge on any atom is 0.261 e. The van der Waals surface area contributed by atoms with Crippen LogP contribution in [0.25, 0.3) is 0 Å². The molecule has 2 N–H and O–H groups in total. The Bertz CT molecular complexity index is 817. The van der Waals surface area contributed by atoms with E-state index in [1.54, 1.807) is 50.2 Å². The van der Waals surface area contributed by atoms with Crippen molar-refractivity contribution in [3.05, 3.63) is 65.5 Å². The van der Waals surface area contributed by atoms with Gasteiger partial charge in [-0.25, -0.2) is 4.39 Å². The predicted molar refractivity (Wildman–Crippen MR) is 102 cm³/mol. The molecule has 2 amide bonds. The highest BCUT2D eigenvalue weighted by Gasteiger charge is 2.10. The van der Waals surface area contributed by atoms with Crippen LogP contribution in [0.3, 0.4) is 0 Å². The SMILES string of the molecule is CC(=O)Nc1ccc(/C(C)=N/OCC(=O)NC(C)c2ccc(F)cc2)cc1. The van der Waals surface area contributed by atoms with Crippen molar-refractivity contribution in [2.24, 2.45) is 5.16 Å². The molecule has 6 nitrogen and oxygen atoms in total. The van der Waals surface area contributed by atoms with Crippen LogP contribution in [0.2, 0.25) is 0 Å². The molecule has 0 saturated heterocycles. The summed E-state index contributed by atoms with van der Waals surface area (Å²) in [7, 11) is 0. The Balaban J connectivity index is 1.83. The van der Waals surface area contributed by atoms with Crippen molar-refractivity contribution in [3.63, 3.8) is 0 Å². The van der Waals surface area contributed by atoms with Crippen LogP contribution >= 0.6 is 0 Å². The molecule has 1 unspecified atom stereocenters. The average molecular weight is 371 g/mol. The van der Waals surface area contributed by atoms with Crippen molar-refractivity contribution in [1.82, 2.24) is 5.32 Å². The van der Waals surface area contributed by atoms with Gasteiger partial charge in [-0.1, -0.05) is 29.4 Å². The second-order valence-electron chi connectivity index (χ2n) is 6.05. The van der Waals surface area contributed by atoms with E-state index in [0.29, 0.717) is 11.4 Å². The third-order valence-electron chi connectivity index (χ3n) is 3.77. The van der Waals surface area contributed by atoms with Crippen LogP contribution in [-0.2, 0) is 14.4 Å². The van der Waals surface area contributed by atoms with Gasteiger partial charge >= 0.3 is 0 Å². The van der Waals surface area contributed by atoms with E-state index >= 15 is 0 Å². The Labute approximate surface area is 157 Å². The molecule has 7 heteroatoms. The largest absolute Gasteiger partial charge is 0.385 e. The van der Waals surface area contributed by atoms with Crippen molar-refractivity contribution in [2.45, 2.75) is 26.8 Å². The smallest absolute Gasteiger partial charge is 0.261 e. The molecule has 0 aliphatic rings. The summed E-state index contributed by atoms with van der Waals surface area (Å²) in [6, 6.07) is 12.8. The van der Waals surface area contributed by atoms with E-state index in [-0.39, 0.29) is 30.3 Å². The monoisotopic (exact) mass is 371 g/mol. The number of carbonyl (C=O) groups is 2. The van der Waals surface area contributed by atoms with Gasteiger partial charge in [-0.15, -0.1) is 0 Å². The Hall–Kier alpha value is -3.22. The fraction of sp³-hybridized carbons (Fsp3) is 0.250. The van der Waals surface area contributed by atoms with E-state index < -0.39 is 0 Å². The first-order valence-electron chi connectivity index (χ1n) is 8.44. The topological polar surface area (TPSA) is 79.8 Å². The van der Waals surface area contributed by atoms with Gasteiger partial charge in [0.05, 0.1) is 11.8 Å². The van der Waals surface area contributed by atoms with Crippen LogP contribution in [0.1, 0.15) is 37.9 Å². The number of nitrogens with zero attached hydrogens (tertiary/aromatic N) is 1. The zero-order chi connectivity index (χ0) is 19.8. The van der Waals surface area contributed by atoms with E-state index in [1.165, 1.54) is 19.1 Å². The van der Waals surface area contributed by atoms with E-state index in [2.05, 4.69) is 15.8 Å². The first-order chi connectivity index (χ1) is 12.8. The summed E-state index contributed by atoms with van der Waals surface area (Å²) < 4.78 is 12.9. The third kappa shape index (κ3) is 6.54. The Morgan fingerprint density at radius 2 is 1.70 bits per heavy atom. The molecule has 0 saturated carbocycles. The second-order valence-corrected chi connectivity index (χ2v) is 6.05. The van der Waals surface area contributed by atoms with Gasteiger partial charge in [0.1, 0.15) is 5.82 Å². The number of rotatable bonds is 7. The fourth-order valence-electron chi connectivity index (χ4n) is 2.36. The van der Waals surface area contributed by atoms with E-state index in [9.17, 15) is 14.0 Å². The molecule has 142 valence electrons. The van der Waals surface area contributed by atoms with Gasteiger partial charge in [0.2, 0.25) is 5.91 Å².